The second kappa shape index (κ2) is 4.57. The van der Waals surface area contributed by atoms with Crippen molar-refractivity contribution in [3.05, 3.63) is 0 Å². The Kier molecular flexibility index (Phi) is 3.68. The molecule has 0 bridgehead atoms. The zero-order valence-corrected chi connectivity index (χ0v) is 8.06. The van der Waals surface area contributed by atoms with E-state index in [1.165, 1.54) is 0 Å². The molecule has 1 heterocycles. The van der Waals surface area contributed by atoms with Gasteiger partial charge in [0, 0.05) is 18.8 Å². The average Bonchev–Trinajstić information content (AvgIpc) is 2.28. The molecule has 1 fully saturated rings. The van der Waals surface area contributed by atoms with Gasteiger partial charge >= 0.3 is 6.03 Å². The number of thioether (sulfide) groups is 1. The number of rotatable bonds is 0. The lowest BCUT2D eigenvalue weighted by Crippen LogP contribution is -2.45. The van der Waals surface area contributed by atoms with Crippen molar-refractivity contribution >= 4 is 17.8 Å². The van der Waals surface area contributed by atoms with E-state index in [-0.39, 0.29) is 6.03 Å². The fourth-order valence-electron chi connectivity index (χ4n) is 1.26. The summed E-state index contributed by atoms with van der Waals surface area (Å²) in [5.41, 5.74) is 2.16. The largest absolute Gasteiger partial charge is 0.331 e. The summed E-state index contributed by atoms with van der Waals surface area (Å²) in [6, 6.07) is -0.163. The number of amides is 2. The van der Waals surface area contributed by atoms with Crippen molar-refractivity contribution in [2.24, 2.45) is 11.8 Å². The van der Waals surface area contributed by atoms with Gasteiger partial charge in [0.05, 0.1) is 0 Å². The fourth-order valence-corrected chi connectivity index (χ4v) is 2.28. The molecule has 1 aliphatic heterocycles. The highest BCUT2D eigenvalue weighted by atomic mass is 32.2. The van der Waals surface area contributed by atoms with Crippen LogP contribution in [0.3, 0.4) is 0 Å². The minimum absolute atomic E-state index is 0.163. The average molecular weight is 189 g/mol. The molecule has 2 amide bonds. The van der Waals surface area contributed by atoms with E-state index in [4.69, 9.17) is 5.84 Å². The van der Waals surface area contributed by atoms with E-state index in [1.807, 2.05) is 11.8 Å². The van der Waals surface area contributed by atoms with E-state index in [1.54, 1.807) is 4.90 Å². The minimum atomic E-state index is -0.163. The zero-order chi connectivity index (χ0) is 8.97. The summed E-state index contributed by atoms with van der Waals surface area (Å²) in [5, 5.41) is 0. The van der Waals surface area contributed by atoms with Gasteiger partial charge in [-0.15, -0.1) is 0 Å². The number of nitrogens with zero attached hydrogens (tertiary/aromatic N) is 1. The van der Waals surface area contributed by atoms with Crippen molar-refractivity contribution < 1.29 is 4.79 Å². The third-order valence-corrected chi connectivity index (χ3v) is 3.13. The molecule has 0 spiro atoms. The van der Waals surface area contributed by atoms with Crippen molar-refractivity contribution in [1.82, 2.24) is 10.3 Å². The van der Waals surface area contributed by atoms with E-state index in [0.717, 1.165) is 24.6 Å². The van der Waals surface area contributed by atoms with Gasteiger partial charge in [-0.05, 0) is 11.7 Å². The molecule has 1 aliphatic rings. The first-order chi connectivity index (χ1) is 5.74. The Bertz CT molecular complexity index is 165. The lowest BCUT2D eigenvalue weighted by Gasteiger charge is -2.21. The summed E-state index contributed by atoms with van der Waals surface area (Å²) in [6.45, 7) is 3.77. The van der Waals surface area contributed by atoms with Crippen molar-refractivity contribution in [2.75, 3.05) is 24.6 Å². The lowest BCUT2D eigenvalue weighted by atomic mass is 10.2. The van der Waals surface area contributed by atoms with Crippen LogP contribution in [0.2, 0.25) is 0 Å². The van der Waals surface area contributed by atoms with Gasteiger partial charge in [-0.1, -0.05) is 6.92 Å². The van der Waals surface area contributed by atoms with Gasteiger partial charge in [0.15, 0.2) is 0 Å². The van der Waals surface area contributed by atoms with Gasteiger partial charge in [0.1, 0.15) is 0 Å². The number of urea groups is 1. The summed E-state index contributed by atoms with van der Waals surface area (Å²) in [7, 11) is 0. The number of carbonyl (C=O) groups is 1. The number of carbonyl (C=O) groups excluding carboxylic acids is 1. The highest BCUT2D eigenvalue weighted by Gasteiger charge is 2.18. The summed E-state index contributed by atoms with van der Waals surface area (Å²) in [4.78, 5) is 12.9. The molecule has 1 saturated heterocycles. The maximum Gasteiger partial charge on any atom is 0.331 e. The van der Waals surface area contributed by atoms with Crippen LogP contribution in [0.4, 0.5) is 4.79 Å². The van der Waals surface area contributed by atoms with E-state index < -0.39 is 0 Å². The molecule has 4 nitrogen and oxygen atoms in total. The molecule has 70 valence electrons. The quantitative estimate of drug-likeness (QED) is 0.326. The number of nitrogens with one attached hydrogen (secondary N) is 1. The predicted octanol–water partition coefficient (Wildman–Crippen LogP) is 0.255. The molecule has 1 atom stereocenters. The maximum atomic E-state index is 11.1. The first-order valence-electron chi connectivity index (χ1n) is 4.07. The van der Waals surface area contributed by atoms with E-state index in [2.05, 4.69) is 12.3 Å². The second-order valence-corrected chi connectivity index (χ2v) is 4.23. The summed E-state index contributed by atoms with van der Waals surface area (Å²) in [5.74, 6) is 7.76. The van der Waals surface area contributed by atoms with Gasteiger partial charge in [-0.25, -0.2) is 10.6 Å². The van der Waals surface area contributed by atoms with Gasteiger partial charge in [0.25, 0.3) is 0 Å². The summed E-state index contributed by atoms with van der Waals surface area (Å²) >= 11 is 1.89. The molecule has 5 heteroatoms. The Morgan fingerprint density at radius 1 is 1.75 bits per heavy atom. The molecular weight excluding hydrogens is 174 g/mol. The van der Waals surface area contributed by atoms with Crippen molar-refractivity contribution in [3.8, 4) is 0 Å². The van der Waals surface area contributed by atoms with E-state index in [9.17, 15) is 4.79 Å². The summed E-state index contributed by atoms with van der Waals surface area (Å²) < 4.78 is 0. The van der Waals surface area contributed by atoms with Crippen LogP contribution in [-0.2, 0) is 0 Å². The molecular formula is C7H15N3OS. The van der Waals surface area contributed by atoms with Gasteiger partial charge in [-0.2, -0.15) is 11.8 Å². The van der Waals surface area contributed by atoms with Crippen LogP contribution < -0.4 is 11.3 Å². The van der Waals surface area contributed by atoms with Crippen molar-refractivity contribution in [3.63, 3.8) is 0 Å². The van der Waals surface area contributed by atoms with Crippen molar-refractivity contribution in [1.29, 1.82) is 0 Å². The molecule has 0 aliphatic carbocycles. The second-order valence-electron chi connectivity index (χ2n) is 3.08. The number of nitrogens with two attached hydrogens (primary N) is 1. The van der Waals surface area contributed by atoms with Gasteiger partial charge in [0.2, 0.25) is 0 Å². The molecule has 12 heavy (non-hydrogen) atoms. The Hall–Kier alpha value is -0.420. The predicted molar refractivity (Wildman–Crippen MR) is 50.8 cm³/mol. The maximum absolute atomic E-state index is 11.1. The Balaban J connectivity index is 2.46. The normalized spacial score (nSPS) is 24.8. The van der Waals surface area contributed by atoms with Crippen LogP contribution in [0.1, 0.15) is 6.92 Å². The van der Waals surface area contributed by atoms with Crippen LogP contribution in [0, 0.1) is 5.92 Å². The number of hydrogen-bond acceptors (Lipinski definition) is 3. The molecule has 0 saturated carbocycles. The van der Waals surface area contributed by atoms with Crippen LogP contribution in [0.15, 0.2) is 0 Å². The highest BCUT2D eigenvalue weighted by molar-refractivity contribution is 7.99. The topological polar surface area (TPSA) is 58.4 Å². The van der Waals surface area contributed by atoms with Crippen molar-refractivity contribution in [2.45, 2.75) is 6.92 Å². The molecule has 0 aromatic rings. The fraction of sp³-hybridized carbons (Fsp3) is 0.857. The van der Waals surface area contributed by atoms with Gasteiger partial charge in [-0.3, -0.25) is 5.43 Å². The molecule has 1 rings (SSSR count). The monoisotopic (exact) mass is 189 g/mol. The Labute approximate surface area is 76.8 Å². The number of hydrazine groups is 1. The van der Waals surface area contributed by atoms with E-state index in [0.29, 0.717) is 5.92 Å². The molecule has 3 N–H and O–H groups in total. The van der Waals surface area contributed by atoms with Crippen LogP contribution in [0.5, 0.6) is 0 Å². The standard InChI is InChI=1S/C7H15N3OS/c1-6-4-10(7(11)9-8)2-3-12-5-6/h6H,2-5,8H2,1H3,(H,9,11). The zero-order valence-electron chi connectivity index (χ0n) is 7.25. The SMILES string of the molecule is CC1CSCCN(C(=O)NN)C1. The molecule has 0 aromatic carbocycles. The third-order valence-electron chi connectivity index (χ3n) is 1.85. The number of hydrogen-bond donors (Lipinski definition) is 2. The van der Waals surface area contributed by atoms with Crippen LogP contribution in [0.25, 0.3) is 0 Å². The summed E-state index contributed by atoms with van der Waals surface area (Å²) in [6.07, 6.45) is 0. The third kappa shape index (κ3) is 2.57. The smallest absolute Gasteiger partial charge is 0.323 e. The molecule has 1 unspecified atom stereocenters. The Morgan fingerprint density at radius 3 is 3.17 bits per heavy atom. The minimum Gasteiger partial charge on any atom is -0.323 e. The van der Waals surface area contributed by atoms with Crippen LogP contribution in [-0.4, -0.2) is 35.5 Å². The lowest BCUT2D eigenvalue weighted by molar-refractivity contribution is 0.196. The molecule has 0 radical (unpaired) electrons. The molecule has 0 aromatic heterocycles. The van der Waals surface area contributed by atoms with Crippen LogP contribution >= 0.6 is 11.8 Å². The Morgan fingerprint density at radius 2 is 2.50 bits per heavy atom. The first kappa shape index (κ1) is 9.67. The van der Waals surface area contributed by atoms with E-state index >= 15 is 0 Å². The highest BCUT2D eigenvalue weighted by Crippen LogP contribution is 2.14. The van der Waals surface area contributed by atoms with Gasteiger partial charge < -0.3 is 4.90 Å². The first-order valence-corrected chi connectivity index (χ1v) is 5.22.